The topological polar surface area (TPSA) is 50.2 Å². The minimum absolute atomic E-state index is 0.296. The molecule has 12 heavy (non-hydrogen) atoms. The van der Waals surface area contributed by atoms with E-state index in [4.69, 9.17) is 0 Å². The number of Topliss-reactive ketones (excluding diaryl/α,β-unsaturated/α-hetero) is 1. The molecule has 0 aromatic carbocycles. The summed E-state index contributed by atoms with van der Waals surface area (Å²) in [5, 5.41) is 9.35. The molecule has 64 valence electrons. The summed E-state index contributed by atoms with van der Waals surface area (Å²) in [6, 6.07) is 5.02. The SMILES string of the molecule is CC(C)(O)C(=O)c1ccccn1. The van der Waals surface area contributed by atoms with E-state index in [0.29, 0.717) is 5.69 Å². The van der Waals surface area contributed by atoms with E-state index in [1.165, 1.54) is 20.0 Å². The van der Waals surface area contributed by atoms with Crippen molar-refractivity contribution in [3.05, 3.63) is 30.1 Å². The zero-order chi connectivity index (χ0) is 9.19. The monoisotopic (exact) mass is 165 g/mol. The van der Waals surface area contributed by atoms with Gasteiger partial charge >= 0.3 is 0 Å². The molecule has 0 aliphatic rings. The lowest BCUT2D eigenvalue weighted by Gasteiger charge is -2.13. The van der Waals surface area contributed by atoms with E-state index in [1.54, 1.807) is 18.2 Å². The number of hydrogen-bond acceptors (Lipinski definition) is 3. The molecule has 0 amide bonds. The summed E-state index contributed by atoms with van der Waals surface area (Å²) in [5.41, 5.74) is -1.04. The van der Waals surface area contributed by atoms with Crippen LogP contribution in [-0.4, -0.2) is 21.5 Å². The Labute approximate surface area is 71.1 Å². The highest BCUT2D eigenvalue weighted by atomic mass is 16.3. The molecule has 0 saturated carbocycles. The Morgan fingerprint density at radius 3 is 2.58 bits per heavy atom. The molecule has 0 spiro atoms. The fraction of sp³-hybridized carbons (Fsp3) is 0.333. The van der Waals surface area contributed by atoms with E-state index in [2.05, 4.69) is 4.98 Å². The van der Waals surface area contributed by atoms with Gasteiger partial charge in [0.1, 0.15) is 11.3 Å². The first-order valence-electron chi connectivity index (χ1n) is 3.70. The molecule has 0 radical (unpaired) electrons. The molecule has 1 aromatic rings. The smallest absolute Gasteiger partial charge is 0.212 e. The normalized spacial score (nSPS) is 11.2. The maximum atomic E-state index is 11.4. The van der Waals surface area contributed by atoms with Crippen LogP contribution in [0.3, 0.4) is 0 Å². The Morgan fingerprint density at radius 1 is 1.50 bits per heavy atom. The van der Waals surface area contributed by atoms with E-state index >= 15 is 0 Å². The molecular weight excluding hydrogens is 154 g/mol. The van der Waals surface area contributed by atoms with Gasteiger partial charge in [-0.15, -0.1) is 0 Å². The molecule has 0 saturated heterocycles. The Hall–Kier alpha value is -1.22. The van der Waals surface area contributed by atoms with Gasteiger partial charge in [-0.25, -0.2) is 0 Å². The maximum Gasteiger partial charge on any atom is 0.212 e. The predicted molar refractivity (Wildman–Crippen MR) is 44.9 cm³/mol. The third-order valence-corrected chi connectivity index (χ3v) is 1.45. The minimum atomic E-state index is -1.34. The van der Waals surface area contributed by atoms with Gasteiger partial charge < -0.3 is 5.11 Å². The third-order valence-electron chi connectivity index (χ3n) is 1.45. The van der Waals surface area contributed by atoms with Crippen LogP contribution in [0.2, 0.25) is 0 Å². The van der Waals surface area contributed by atoms with Crippen LogP contribution in [0.4, 0.5) is 0 Å². The molecule has 1 aromatic heterocycles. The van der Waals surface area contributed by atoms with Gasteiger partial charge in [0.15, 0.2) is 0 Å². The predicted octanol–water partition coefficient (Wildman–Crippen LogP) is 1.04. The van der Waals surface area contributed by atoms with Crippen molar-refractivity contribution in [3.8, 4) is 0 Å². The van der Waals surface area contributed by atoms with E-state index in [-0.39, 0.29) is 5.78 Å². The summed E-state index contributed by atoms with van der Waals surface area (Å²) in [4.78, 5) is 15.2. The molecule has 0 fully saturated rings. The summed E-state index contributed by atoms with van der Waals surface area (Å²) in [6.07, 6.45) is 1.53. The fourth-order valence-corrected chi connectivity index (χ4v) is 0.810. The second-order valence-electron chi connectivity index (χ2n) is 3.10. The number of carbonyl (C=O) groups excluding carboxylic acids is 1. The molecule has 0 atom stereocenters. The van der Waals surface area contributed by atoms with Gasteiger partial charge in [-0.2, -0.15) is 0 Å². The van der Waals surface area contributed by atoms with Crippen LogP contribution >= 0.6 is 0 Å². The molecule has 3 nitrogen and oxygen atoms in total. The molecular formula is C9H11NO2. The van der Waals surface area contributed by atoms with Crippen LogP contribution < -0.4 is 0 Å². The largest absolute Gasteiger partial charge is 0.382 e. The first-order chi connectivity index (χ1) is 5.52. The van der Waals surface area contributed by atoms with Crippen molar-refractivity contribution in [2.75, 3.05) is 0 Å². The Kier molecular flexibility index (Phi) is 2.24. The Morgan fingerprint density at radius 2 is 2.17 bits per heavy atom. The number of hydrogen-bond donors (Lipinski definition) is 1. The Balaban J connectivity index is 2.94. The van der Waals surface area contributed by atoms with Crippen molar-refractivity contribution in [1.82, 2.24) is 4.98 Å². The number of ketones is 1. The van der Waals surface area contributed by atoms with Gasteiger partial charge in [0, 0.05) is 6.20 Å². The van der Waals surface area contributed by atoms with Crippen molar-refractivity contribution >= 4 is 5.78 Å². The van der Waals surface area contributed by atoms with Gasteiger partial charge in [-0.3, -0.25) is 9.78 Å². The number of pyridine rings is 1. The second-order valence-corrected chi connectivity index (χ2v) is 3.10. The highest BCUT2D eigenvalue weighted by molar-refractivity contribution is 6.00. The zero-order valence-electron chi connectivity index (χ0n) is 7.11. The third kappa shape index (κ3) is 1.89. The minimum Gasteiger partial charge on any atom is -0.382 e. The van der Waals surface area contributed by atoms with Crippen molar-refractivity contribution < 1.29 is 9.90 Å². The standard InChI is InChI=1S/C9H11NO2/c1-9(2,12)8(11)7-5-3-4-6-10-7/h3-6,12H,1-2H3. The van der Waals surface area contributed by atoms with E-state index in [9.17, 15) is 9.90 Å². The molecule has 1 rings (SSSR count). The molecule has 1 N–H and O–H groups in total. The van der Waals surface area contributed by atoms with Gasteiger partial charge in [0.2, 0.25) is 5.78 Å². The highest BCUT2D eigenvalue weighted by Crippen LogP contribution is 2.09. The number of aromatic nitrogens is 1. The summed E-state index contributed by atoms with van der Waals surface area (Å²) < 4.78 is 0. The summed E-state index contributed by atoms with van der Waals surface area (Å²) in [5.74, 6) is -0.358. The molecule has 0 unspecified atom stereocenters. The molecule has 0 bridgehead atoms. The number of carbonyl (C=O) groups is 1. The van der Waals surface area contributed by atoms with Crippen LogP contribution in [0.5, 0.6) is 0 Å². The van der Waals surface area contributed by atoms with Gasteiger partial charge in [0.05, 0.1) is 0 Å². The summed E-state index contributed by atoms with van der Waals surface area (Å²) in [6.45, 7) is 2.90. The summed E-state index contributed by atoms with van der Waals surface area (Å²) in [7, 11) is 0. The van der Waals surface area contributed by atoms with Gasteiger partial charge in [-0.1, -0.05) is 6.07 Å². The van der Waals surface area contributed by atoms with E-state index in [0.717, 1.165) is 0 Å². The first kappa shape index (κ1) is 8.87. The number of nitrogens with zero attached hydrogens (tertiary/aromatic N) is 1. The van der Waals surface area contributed by atoms with Crippen LogP contribution in [0, 0.1) is 0 Å². The lowest BCUT2D eigenvalue weighted by Crippen LogP contribution is -2.31. The van der Waals surface area contributed by atoms with Crippen molar-refractivity contribution in [2.45, 2.75) is 19.4 Å². The maximum absolute atomic E-state index is 11.4. The number of aliphatic hydroxyl groups is 1. The lowest BCUT2D eigenvalue weighted by atomic mass is 10.0. The molecule has 1 heterocycles. The Bertz CT molecular complexity index is 274. The van der Waals surface area contributed by atoms with Crippen LogP contribution in [0.1, 0.15) is 24.3 Å². The van der Waals surface area contributed by atoms with Crippen molar-refractivity contribution in [2.24, 2.45) is 0 Å². The van der Waals surface area contributed by atoms with Crippen LogP contribution in [0.25, 0.3) is 0 Å². The van der Waals surface area contributed by atoms with Crippen molar-refractivity contribution in [3.63, 3.8) is 0 Å². The fourth-order valence-electron chi connectivity index (χ4n) is 0.810. The van der Waals surface area contributed by atoms with Gasteiger partial charge in [-0.05, 0) is 26.0 Å². The zero-order valence-corrected chi connectivity index (χ0v) is 7.11. The molecule has 0 aliphatic heterocycles. The quantitative estimate of drug-likeness (QED) is 0.666. The molecule has 3 heteroatoms. The summed E-state index contributed by atoms with van der Waals surface area (Å²) >= 11 is 0. The van der Waals surface area contributed by atoms with Crippen LogP contribution in [0.15, 0.2) is 24.4 Å². The molecule has 0 aliphatic carbocycles. The average Bonchev–Trinajstić information content (AvgIpc) is 2.03. The average molecular weight is 165 g/mol. The van der Waals surface area contributed by atoms with Gasteiger partial charge in [0.25, 0.3) is 0 Å². The van der Waals surface area contributed by atoms with Crippen molar-refractivity contribution in [1.29, 1.82) is 0 Å². The lowest BCUT2D eigenvalue weighted by molar-refractivity contribution is 0.0482. The first-order valence-corrected chi connectivity index (χ1v) is 3.70. The van der Waals surface area contributed by atoms with E-state index < -0.39 is 5.60 Å². The second kappa shape index (κ2) is 3.03. The van der Waals surface area contributed by atoms with Crippen LogP contribution in [-0.2, 0) is 0 Å². The number of rotatable bonds is 2. The van der Waals surface area contributed by atoms with E-state index in [1.807, 2.05) is 0 Å². The highest BCUT2D eigenvalue weighted by Gasteiger charge is 2.25.